The first-order valence-corrected chi connectivity index (χ1v) is 6.89. The summed E-state index contributed by atoms with van der Waals surface area (Å²) in [6, 6.07) is 3.86. The number of nitrogens with one attached hydrogen (secondary N) is 1. The Morgan fingerprint density at radius 3 is 2.83 bits per heavy atom. The van der Waals surface area contributed by atoms with Gasteiger partial charge < -0.3 is 15.1 Å². The van der Waals surface area contributed by atoms with Crippen molar-refractivity contribution in [2.75, 3.05) is 51.6 Å². The smallest absolute Gasteiger partial charge is 0.152 e. The number of anilines is 1. The number of hydrogen-bond donors (Lipinski definition) is 1. The Morgan fingerprint density at radius 2 is 2.11 bits per heavy atom. The van der Waals surface area contributed by atoms with E-state index in [4.69, 9.17) is 11.6 Å². The molecule has 1 saturated heterocycles. The quantitative estimate of drug-likeness (QED) is 0.652. The molecule has 0 saturated carbocycles. The first kappa shape index (κ1) is 13.6. The lowest BCUT2D eigenvalue weighted by atomic mass is 10.3. The first-order chi connectivity index (χ1) is 8.75. The second-order valence-corrected chi connectivity index (χ2v) is 5.13. The van der Waals surface area contributed by atoms with Crippen LogP contribution in [0.4, 0.5) is 5.69 Å². The summed E-state index contributed by atoms with van der Waals surface area (Å²) in [6.07, 6.45) is 2.84. The van der Waals surface area contributed by atoms with Crippen LogP contribution in [0.3, 0.4) is 0 Å². The van der Waals surface area contributed by atoms with Crippen molar-refractivity contribution in [1.82, 2.24) is 14.8 Å². The number of likely N-dealkylation sites (N-methyl/N-ethyl adjacent to an activating group) is 1. The van der Waals surface area contributed by atoms with E-state index in [1.54, 1.807) is 6.20 Å². The minimum absolute atomic E-state index is 0.553. The third-order valence-corrected chi connectivity index (χ3v) is 3.62. The molecule has 0 spiro atoms. The molecule has 0 aromatic carbocycles. The van der Waals surface area contributed by atoms with E-state index in [1.807, 2.05) is 12.1 Å². The molecule has 1 fully saturated rings. The molecule has 0 atom stereocenters. The second kappa shape index (κ2) is 6.92. The third-order valence-electron chi connectivity index (χ3n) is 3.32. The maximum absolute atomic E-state index is 5.98. The average molecular weight is 269 g/mol. The van der Waals surface area contributed by atoms with Crippen molar-refractivity contribution in [2.45, 2.75) is 6.42 Å². The Morgan fingerprint density at radius 1 is 1.33 bits per heavy atom. The van der Waals surface area contributed by atoms with Gasteiger partial charge in [0.05, 0.1) is 5.69 Å². The molecule has 0 bridgehead atoms. The molecule has 18 heavy (non-hydrogen) atoms. The standard InChI is InChI=1S/C13H21ClN4/c1-17-8-10-18(11-9-17)7-3-6-15-12-4-2-5-16-13(12)14/h2,4-5,15H,3,6-11H2,1H3. The molecule has 1 N–H and O–H groups in total. The molecule has 4 nitrogen and oxygen atoms in total. The topological polar surface area (TPSA) is 31.4 Å². The Bertz CT molecular complexity index is 364. The van der Waals surface area contributed by atoms with Crippen LogP contribution in [0.2, 0.25) is 5.15 Å². The summed E-state index contributed by atoms with van der Waals surface area (Å²) in [7, 11) is 2.18. The van der Waals surface area contributed by atoms with Crippen LogP contribution in [0, 0.1) is 0 Å². The monoisotopic (exact) mass is 268 g/mol. The van der Waals surface area contributed by atoms with Crippen molar-refractivity contribution >= 4 is 17.3 Å². The van der Waals surface area contributed by atoms with Crippen molar-refractivity contribution in [3.8, 4) is 0 Å². The zero-order chi connectivity index (χ0) is 12.8. The maximum atomic E-state index is 5.98. The van der Waals surface area contributed by atoms with E-state index >= 15 is 0 Å². The van der Waals surface area contributed by atoms with Gasteiger partial charge in [-0.1, -0.05) is 11.6 Å². The van der Waals surface area contributed by atoms with Gasteiger partial charge in [0.1, 0.15) is 0 Å². The molecule has 1 aliphatic rings. The van der Waals surface area contributed by atoms with E-state index in [2.05, 4.69) is 27.1 Å². The van der Waals surface area contributed by atoms with Gasteiger partial charge in [-0.25, -0.2) is 4.98 Å². The summed E-state index contributed by atoms with van der Waals surface area (Å²) in [6.45, 7) is 6.83. The zero-order valence-corrected chi connectivity index (χ0v) is 11.7. The normalized spacial score (nSPS) is 17.9. The number of halogens is 1. The van der Waals surface area contributed by atoms with Gasteiger partial charge in [-0.05, 0) is 32.1 Å². The van der Waals surface area contributed by atoms with E-state index in [0.29, 0.717) is 5.15 Å². The number of hydrogen-bond acceptors (Lipinski definition) is 4. The van der Waals surface area contributed by atoms with Gasteiger partial charge in [-0.15, -0.1) is 0 Å². The highest BCUT2D eigenvalue weighted by molar-refractivity contribution is 6.31. The Hall–Kier alpha value is -0.840. The van der Waals surface area contributed by atoms with Crippen LogP contribution in [0.15, 0.2) is 18.3 Å². The Kier molecular flexibility index (Phi) is 5.23. The SMILES string of the molecule is CN1CCN(CCCNc2cccnc2Cl)CC1. The summed E-state index contributed by atoms with van der Waals surface area (Å²) in [5.41, 5.74) is 0.928. The van der Waals surface area contributed by atoms with E-state index in [-0.39, 0.29) is 0 Å². The average Bonchev–Trinajstić information content (AvgIpc) is 2.39. The number of rotatable bonds is 5. The molecule has 0 radical (unpaired) electrons. The van der Waals surface area contributed by atoms with Crippen LogP contribution in [0.25, 0.3) is 0 Å². The van der Waals surface area contributed by atoms with Crippen LogP contribution >= 0.6 is 11.6 Å². The summed E-state index contributed by atoms with van der Waals surface area (Å²) >= 11 is 5.98. The van der Waals surface area contributed by atoms with Gasteiger partial charge in [0.15, 0.2) is 5.15 Å². The van der Waals surface area contributed by atoms with Crippen molar-refractivity contribution in [3.63, 3.8) is 0 Å². The fourth-order valence-electron chi connectivity index (χ4n) is 2.12. The minimum Gasteiger partial charge on any atom is -0.383 e. The van der Waals surface area contributed by atoms with E-state index in [9.17, 15) is 0 Å². The molecule has 1 aromatic heterocycles. The van der Waals surface area contributed by atoms with Gasteiger partial charge >= 0.3 is 0 Å². The fourth-order valence-corrected chi connectivity index (χ4v) is 2.30. The number of pyridine rings is 1. The lowest BCUT2D eigenvalue weighted by Gasteiger charge is -2.32. The largest absolute Gasteiger partial charge is 0.383 e. The van der Waals surface area contributed by atoms with Crippen molar-refractivity contribution in [3.05, 3.63) is 23.5 Å². The molecule has 0 amide bonds. The van der Waals surface area contributed by atoms with Gasteiger partial charge in [-0.3, -0.25) is 0 Å². The molecule has 2 heterocycles. The Balaban J connectivity index is 1.63. The van der Waals surface area contributed by atoms with Gasteiger partial charge in [-0.2, -0.15) is 0 Å². The highest BCUT2D eigenvalue weighted by atomic mass is 35.5. The minimum atomic E-state index is 0.553. The van der Waals surface area contributed by atoms with Gasteiger partial charge in [0.2, 0.25) is 0 Å². The lowest BCUT2D eigenvalue weighted by molar-refractivity contribution is 0.154. The molecule has 2 rings (SSSR count). The number of piperazine rings is 1. The fraction of sp³-hybridized carbons (Fsp3) is 0.615. The second-order valence-electron chi connectivity index (χ2n) is 4.77. The van der Waals surface area contributed by atoms with Crippen LogP contribution in [-0.4, -0.2) is 61.1 Å². The predicted octanol–water partition coefficient (Wildman–Crippen LogP) is 1.78. The van der Waals surface area contributed by atoms with E-state index < -0.39 is 0 Å². The molecule has 5 heteroatoms. The first-order valence-electron chi connectivity index (χ1n) is 6.51. The number of nitrogens with zero attached hydrogens (tertiary/aromatic N) is 3. The molecule has 0 aliphatic carbocycles. The van der Waals surface area contributed by atoms with Gasteiger partial charge in [0, 0.05) is 38.9 Å². The van der Waals surface area contributed by atoms with Crippen LogP contribution in [0.1, 0.15) is 6.42 Å². The van der Waals surface area contributed by atoms with Crippen molar-refractivity contribution in [2.24, 2.45) is 0 Å². The highest BCUT2D eigenvalue weighted by Crippen LogP contribution is 2.17. The summed E-state index contributed by atoms with van der Waals surface area (Å²) in [5.74, 6) is 0. The summed E-state index contributed by atoms with van der Waals surface area (Å²) in [4.78, 5) is 8.94. The third kappa shape index (κ3) is 4.12. The van der Waals surface area contributed by atoms with E-state index in [0.717, 1.165) is 25.2 Å². The summed E-state index contributed by atoms with van der Waals surface area (Å²) in [5, 5.41) is 3.88. The maximum Gasteiger partial charge on any atom is 0.152 e. The highest BCUT2D eigenvalue weighted by Gasteiger charge is 2.12. The Labute approximate surface area is 114 Å². The lowest BCUT2D eigenvalue weighted by Crippen LogP contribution is -2.44. The van der Waals surface area contributed by atoms with E-state index in [1.165, 1.54) is 26.2 Å². The summed E-state index contributed by atoms with van der Waals surface area (Å²) < 4.78 is 0. The van der Waals surface area contributed by atoms with Crippen molar-refractivity contribution in [1.29, 1.82) is 0 Å². The van der Waals surface area contributed by atoms with Crippen LogP contribution < -0.4 is 5.32 Å². The molecule has 1 aliphatic heterocycles. The zero-order valence-electron chi connectivity index (χ0n) is 10.9. The van der Waals surface area contributed by atoms with Crippen molar-refractivity contribution < 1.29 is 0 Å². The van der Waals surface area contributed by atoms with Crippen LogP contribution in [-0.2, 0) is 0 Å². The molecular weight excluding hydrogens is 248 g/mol. The molecular formula is C13H21ClN4. The van der Waals surface area contributed by atoms with Crippen LogP contribution in [0.5, 0.6) is 0 Å². The number of aromatic nitrogens is 1. The predicted molar refractivity (Wildman–Crippen MR) is 76.3 cm³/mol. The van der Waals surface area contributed by atoms with Gasteiger partial charge in [0.25, 0.3) is 0 Å². The molecule has 0 unspecified atom stereocenters. The molecule has 100 valence electrons. The molecule has 1 aromatic rings.